The number of nitrogens with zero attached hydrogens (tertiary/aromatic N) is 3. The summed E-state index contributed by atoms with van der Waals surface area (Å²) in [5.41, 5.74) is 2.76. The highest BCUT2D eigenvalue weighted by Gasteiger charge is 2.26. The number of aromatic amines is 1. The molecule has 1 aliphatic heterocycles. The molecule has 146 valence electrons. The lowest BCUT2D eigenvalue weighted by atomic mass is 10.1. The molecule has 3 rings (SSSR count). The van der Waals surface area contributed by atoms with E-state index in [1.807, 2.05) is 17.0 Å². The van der Waals surface area contributed by atoms with Gasteiger partial charge in [-0.15, -0.1) is 0 Å². The first kappa shape index (κ1) is 19.9. The van der Waals surface area contributed by atoms with Gasteiger partial charge in [0.2, 0.25) is 0 Å². The molecule has 0 unspecified atom stereocenters. The first-order chi connectivity index (χ1) is 13.0. The smallest absolute Gasteiger partial charge is 0.275 e. The highest BCUT2D eigenvalue weighted by Crippen LogP contribution is 2.26. The van der Waals surface area contributed by atoms with Gasteiger partial charge in [-0.05, 0) is 46.0 Å². The lowest BCUT2D eigenvalue weighted by molar-refractivity contribution is 0.0632. The van der Waals surface area contributed by atoms with E-state index in [9.17, 15) is 4.79 Å². The maximum atomic E-state index is 12.8. The monoisotopic (exact) mass is 434 g/mol. The number of aromatic nitrogens is 2. The van der Waals surface area contributed by atoms with Crippen molar-refractivity contribution in [1.29, 1.82) is 0 Å². The number of nitrogens with one attached hydrogen (secondary N) is 1. The maximum absolute atomic E-state index is 12.8. The minimum absolute atomic E-state index is 0.000158. The van der Waals surface area contributed by atoms with Crippen molar-refractivity contribution in [2.45, 2.75) is 26.2 Å². The minimum Gasteiger partial charge on any atom is -0.497 e. The molecule has 0 aliphatic carbocycles. The van der Waals surface area contributed by atoms with Crippen LogP contribution in [0, 0.1) is 0 Å². The highest BCUT2D eigenvalue weighted by atomic mass is 79.9. The molecule has 1 aromatic carbocycles. The Kier molecular flexibility index (Phi) is 6.55. The number of hydrogen-bond acceptors (Lipinski definition) is 4. The van der Waals surface area contributed by atoms with Crippen LogP contribution in [0.4, 0.5) is 0 Å². The molecule has 1 fully saturated rings. The van der Waals surface area contributed by atoms with Gasteiger partial charge < -0.3 is 9.64 Å². The molecule has 0 atom stereocenters. The maximum Gasteiger partial charge on any atom is 0.275 e. The fourth-order valence-corrected chi connectivity index (χ4v) is 4.07. The third-order valence-electron chi connectivity index (χ3n) is 5.05. The molecule has 27 heavy (non-hydrogen) atoms. The lowest BCUT2D eigenvalue weighted by Gasteiger charge is -2.34. The Morgan fingerprint density at radius 3 is 2.44 bits per heavy atom. The third-order valence-corrected chi connectivity index (χ3v) is 5.85. The van der Waals surface area contributed by atoms with E-state index >= 15 is 0 Å². The van der Waals surface area contributed by atoms with Gasteiger partial charge in [-0.2, -0.15) is 5.10 Å². The second-order valence-corrected chi connectivity index (χ2v) is 7.98. The molecule has 2 heterocycles. The molecule has 1 saturated heterocycles. The number of carbonyl (C=O) groups is 1. The van der Waals surface area contributed by atoms with Crippen molar-refractivity contribution in [3.05, 3.63) is 45.7 Å². The molecule has 1 aromatic heterocycles. The molecule has 0 radical (unpaired) electrons. The van der Waals surface area contributed by atoms with Gasteiger partial charge >= 0.3 is 0 Å². The Hall–Kier alpha value is -1.86. The van der Waals surface area contributed by atoms with Crippen LogP contribution in [0.1, 0.15) is 41.5 Å². The van der Waals surface area contributed by atoms with E-state index in [2.05, 4.69) is 57.0 Å². The second-order valence-electron chi connectivity index (χ2n) is 7.19. The van der Waals surface area contributed by atoms with Crippen molar-refractivity contribution in [1.82, 2.24) is 20.0 Å². The number of ether oxygens (including phenoxy) is 1. The topological polar surface area (TPSA) is 61.5 Å². The van der Waals surface area contributed by atoms with Gasteiger partial charge in [-0.3, -0.25) is 14.8 Å². The molecule has 1 N–H and O–H groups in total. The van der Waals surface area contributed by atoms with Gasteiger partial charge in [0.25, 0.3) is 5.91 Å². The van der Waals surface area contributed by atoms with Gasteiger partial charge in [0, 0.05) is 32.7 Å². The third kappa shape index (κ3) is 4.71. The fraction of sp³-hybridized carbons (Fsp3) is 0.500. The summed E-state index contributed by atoms with van der Waals surface area (Å²) in [6.07, 6.45) is 1.00. The first-order valence-corrected chi connectivity index (χ1v) is 10.2. The van der Waals surface area contributed by atoms with Gasteiger partial charge in [0.1, 0.15) is 5.75 Å². The number of benzene rings is 1. The normalized spacial score (nSPS) is 15.4. The molecule has 0 bridgehead atoms. The number of methoxy groups -OCH3 is 1. The van der Waals surface area contributed by atoms with E-state index < -0.39 is 0 Å². The SMILES string of the molecule is COc1ccc(CCN2CCN(C(=O)c3n[nH]c(C(C)C)c3Br)CC2)cc1. The average Bonchev–Trinajstić information content (AvgIpc) is 3.08. The first-order valence-electron chi connectivity index (χ1n) is 9.38. The van der Waals surface area contributed by atoms with Gasteiger partial charge in [0.05, 0.1) is 17.3 Å². The van der Waals surface area contributed by atoms with Crippen molar-refractivity contribution in [3.8, 4) is 5.75 Å². The summed E-state index contributed by atoms with van der Waals surface area (Å²) >= 11 is 3.53. The average molecular weight is 435 g/mol. The lowest BCUT2D eigenvalue weighted by Crippen LogP contribution is -2.49. The number of piperazine rings is 1. The van der Waals surface area contributed by atoms with E-state index in [1.165, 1.54) is 5.56 Å². The standard InChI is InChI=1S/C20H27BrN4O2/c1-14(2)18-17(21)19(23-22-18)20(26)25-12-10-24(11-13-25)9-8-15-4-6-16(27-3)7-5-15/h4-7,14H,8-13H2,1-3H3,(H,22,23). The number of halogens is 1. The quantitative estimate of drug-likeness (QED) is 0.757. The van der Waals surface area contributed by atoms with Crippen LogP contribution in [0.25, 0.3) is 0 Å². The van der Waals surface area contributed by atoms with Crippen LogP contribution in [-0.4, -0.2) is 65.7 Å². The van der Waals surface area contributed by atoms with Crippen molar-refractivity contribution in [2.24, 2.45) is 0 Å². The van der Waals surface area contributed by atoms with Crippen molar-refractivity contribution >= 4 is 21.8 Å². The molecule has 1 amide bonds. The number of rotatable bonds is 6. The van der Waals surface area contributed by atoms with Crippen LogP contribution in [0.2, 0.25) is 0 Å². The number of amides is 1. The zero-order valence-electron chi connectivity index (χ0n) is 16.2. The summed E-state index contributed by atoms with van der Waals surface area (Å²) in [6.45, 7) is 8.40. The minimum atomic E-state index is -0.000158. The van der Waals surface area contributed by atoms with E-state index in [1.54, 1.807) is 7.11 Å². The number of H-pyrrole nitrogens is 1. The van der Waals surface area contributed by atoms with Crippen LogP contribution in [-0.2, 0) is 6.42 Å². The van der Waals surface area contributed by atoms with Crippen molar-refractivity contribution in [3.63, 3.8) is 0 Å². The Morgan fingerprint density at radius 1 is 1.22 bits per heavy atom. The second kappa shape index (κ2) is 8.89. The zero-order valence-corrected chi connectivity index (χ0v) is 17.8. The largest absolute Gasteiger partial charge is 0.497 e. The van der Waals surface area contributed by atoms with E-state index in [0.717, 1.165) is 55.1 Å². The molecular formula is C20H27BrN4O2. The predicted octanol–water partition coefficient (Wildman–Crippen LogP) is 3.30. The number of hydrogen-bond donors (Lipinski definition) is 1. The van der Waals surface area contributed by atoms with E-state index in [0.29, 0.717) is 11.6 Å². The Bertz CT molecular complexity index is 765. The Labute approximate surface area is 169 Å². The molecule has 1 aliphatic rings. The fourth-order valence-electron chi connectivity index (χ4n) is 3.27. The molecule has 0 saturated carbocycles. The Morgan fingerprint density at radius 2 is 1.89 bits per heavy atom. The van der Waals surface area contributed by atoms with Crippen LogP contribution in [0.15, 0.2) is 28.7 Å². The van der Waals surface area contributed by atoms with Crippen LogP contribution >= 0.6 is 15.9 Å². The van der Waals surface area contributed by atoms with Crippen LogP contribution < -0.4 is 4.74 Å². The molecule has 0 spiro atoms. The molecule has 2 aromatic rings. The summed E-state index contributed by atoms with van der Waals surface area (Å²) in [6, 6.07) is 8.22. The Balaban J connectivity index is 1.50. The number of carbonyl (C=O) groups excluding carboxylic acids is 1. The van der Waals surface area contributed by atoms with Crippen molar-refractivity contribution in [2.75, 3.05) is 39.8 Å². The highest BCUT2D eigenvalue weighted by molar-refractivity contribution is 9.10. The van der Waals surface area contributed by atoms with Crippen LogP contribution in [0.3, 0.4) is 0 Å². The van der Waals surface area contributed by atoms with E-state index in [4.69, 9.17) is 4.74 Å². The van der Waals surface area contributed by atoms with Crippen LogP contribution in [0.5, 0.6) is 5.75 Å². The van der Waals surface area contributed by atoms with Crippen molar-refractivity contribution < 1.29 is 9.53 Å². The summed E-state index contributed by atoms with van der Waals surface area (Å²) in [5.74, 6) is 1.18. The van der Waals surface area contributed by atoms with Gasteiger partial charge in [-0.25, -0.2) is 0 Å². The predicted molar refractivity (Wildman–Crippen MR) is 109 cm³/mol. The van der Waals surface area contributed by atoms with Gasteiger partial charge in [0.15, 0.2) is 5.69 Å². The molecule has 6 nitrogen and oxygen atoms in total. The van der Waals surface area contributed by atoms with E-state index in [-0.39, 0.29) is 5.91 Å². The summed E-state index contributed by atoms with van der Waals surface area (Å²) in [5, 5.41) is 7.22. The van der Waals surface area contributed by atoms with Gasteiger partial charge in [-0.1, -0.05) is 26.0 Å². The molecule has 7 heteroatoms. The summed E-state index contributed by atoms with van der Waals surface area (Å²) in [4.78, 5) is 17.1. The zero-order chi connectivity index (χ0) is 19.4. The summed E-state index contributed by atoms with van der Waals surface area (Å²) < 4.78 is 5.99. The summed E-state index contributed by atoms with van der Waals surface area (Å²) in [7, 11) is 1.68. The molecular weight excluding hydrogens is 408 g/mol.